The molecule has 0 radical (unpaired) electrons. The normalized spacial score (nSPS) is 18.6. The van der Waals surface area contributed by atoms with Gasteiger partial charge in [-0.1, -0.05) is 26.2 Å². The van der Waals surface area contributed by atoms with Crippen molar-refractivity contribution in [2.45, 2.75) is 51.9 Å². The molecule has 0 aromatic heterocycles. The van der Waals surface area contributed by atoms with Gasteiger partial charge in [-0.05, 0) is 31.2 Å². The van der Waals surface area contributed by atoms with E-state index in [2.05, 4.69) is 12.2 Å². The Hall–Kier alpha value is -0.280. The van der Waals surface area contributed by atoms with Crippen molar-refractivity contribution in [3.63, 3.8) is 0 Å². The molecular formula is C12H25ClN2O. The number of nitrogens with two attached hydrogens (primary N) is 1. The average Bonchev–Trinajstić information content (AvgIpc) is 2.27. The summed E-state index contributed by atoms with van der Waals surface area (Å²) in [4.78, 5) is 11.7. The van der Waals surface area contributed by atoms with E-state index in [-0.39, 0.29) is 23.7 Å². The summed E-state index contributed by atoms with van der Waals surface area (Å²) in [5, 5.41) is 2.94. The van der Waals surface area contributed by atoms with Crippen LogP contribution in [0.4, 0.5) is 0 Å². The first-order chi connectivity index (χ1) is 7.22. The third-order valence-corrected chi connectivity index (χ3v) is 3.45. The fourth-order valence-electron chi connectivity index (χ4n) is 2.42. The van der Waals surface area contributed by atoms with Gasteiger partial charge in [0.15, 0.2) is 0 Å². The zero-order chi connectivity index (χ0) is 11.1. The van der Waals surface area contributed by atoms with Crippen LogP contribution in [0.5, 0.6) is 0 Å². The molecule has 0 aliphatic heterocycles. The summed E-state index contributed by atoms with van der Waals surface area (Å²) in [5.74, 6) is 0.184. The van der Waals surface area contributed by atoms with Crippen LogP contribution in [-0.4, -0.2) is 19.0 Å². The Morgan fingerprint density at radius 2 is 1.94 bits per heavy atom. The summed E-state index contributed by atoms with van der Waals surface area (Å²) in [5.41, 5.74) is 5.94. The number of hydrogen-bond acceptors (Lipinski definition) is 2. The molecule has 1 aliphatic rings. The topological polar surface area (TPSA) is 55.1 Å². The van der Waals surface area contributed by atoms with Crippen LogP contribution in [0.3, 0.4) is 0 Å². The summed E-state index contributed by atoms with van der Waals surface area (Å²) in [7, 11) is 0. The quantitative estimate of drug-likeness (QED) is 0.784. The van der Waals surface area contributed by atoms with E-state index >= 15 is 0 Å². The molecule has 0 unspecified atom stereocenters. The Labute approximate surface area is 105 Å². The molecule has 0 aromatic rings. The fraction of sp³-hybridized carbons (Fsp3) is 0.917. The molecule has 0 bridgehead atoms. The molecule has 0 heterocycles. The largest absolute Gasteiger partial charge is 0.356 e. The summed E-state index contributed by atoms with van der Waals surface area (Å²) in [6.45, 7) is 3.52. The van der Waals surface area contributed by atoms with Gasteiger partial charge in [0.05, 0.1) is 0 Å². The molecule has 96 valence electrons. The first kappa shape index (κ1) is 15.7. The second-order valence-corrected chi connectivity index (χ2v) is 4.79. The third kappa shape index (κ3) is 4.71. The third-order valence-electron chi connectivity index (χ3n) is 3.45. The maximum atomic E-state index is 11.7. The molecule has 4 heteroatoms. The molecule has 3 nitrogen and oxygen atoms in total. The van der Waals surface area contributed by atoms with Gasteiger partial charge in [0.25, 0.3) is 0 Å². The van der Waals surface area contributed by atoms with Gasteiger partial charge < -0.3 is 11.1 Å². The molecule has 0 atom stereocenters. The molecular weight excluding hydrogens is 224 g/mol. The van der Waals surface area contributed by atoms with Gasteiger partial charge in [0, 0.05) is 13.0 Å². The van der Waals surface area contributed by atoms with Crippen LogP contribution in [-0.2, 0) is 4.79 Å². The predicted molar refractivity (Wildman–Crippen MR) is 69.7 cm³/mol. The van der Waals surface area contributed by atoms with Crippen LogP contribution in [0, 0.1) is 5.41 Å². The lowest BCUT2D eigenvalue weighted by Gasteiger charge is -2.35. The summed E-state index contributed by atoms with van der Waals surface area (Å²) < 4.78 is 0. The summed E-state index contributed by atoms with van der Waals surface area (Å²) in [6, 6.07) is 0. The number of hydrogen-bond donors (Lipinski definition) is 2. The number of carbonyl (C=O) groups excluding carboxylic acids is 1. The zero-order valence-corrected chi connectivity index (χ0v) is 11.1. The maximum Gasteiger partial charge on any atom is 0.220 e. The van der Waals surface area contributed by atoms with Gasteiger partial charge in [-0.25, -0.2) is 0 Å². The van der Waals surface area contributed by atoms with Crippen molar-refractivity contribution >= 4 is 18.3 Å². The highest BCUT2D eigenvalue weighted by molar-refractivity contribution is 5.85. The Morgan fingerprint density at radius 1 is 1.31 bits per heavy atom. The Balaban J connectivity index is 0.00000225. The zero-order valence-electron chi connectivity index (χ0n) is 10.3. The van der Waals surface area contributed by atoms with Gasteiger partial charge in [0.1, 0.15) is 0 Å². The van der Waals surface area contributed by atoms with E-state index in [4.69, 9.17) is 5.73 Å². The van der Waals surface area contributed by atoms with Crippen LogP contribution in [0.15, 0.2) is 0 Å². The molecule has 16 heavy (non-hydrogen) atoms. The van der Waals surface area contributed by atoms with Crippen molar-refractivity contribution in [3.8, 4) is 0 Å². The second kappa shape index (κ2) is 7.91. The SMILES string of the molecule is CCCNC(=O)CC1(CN)CCCCC1.Cl. The Morgan fingerprint density at radius 3 is 2.44 bits per heavy atom. The van der Waals surface area contributed by atoms with Gasteiger partial charge in [-0.2, -0.15) is 0 Å². The summed E-state index contributed by atoms with van der Waals surface area (Å²) in [6.07, 6.45) is 7.66. The smallest absolute Gasteiger partial charge is 0.220 e. The van der Waals surface area contributed by atoms with Gasteiger partial charge in [-0.15, -0.1) is 12.4 Å². The molecule has 1 fully saturated rings. The number of halogens is 1. The second-order valence-electron chi connectivity index (χ2n) is 4.79. The number of rotatable bonds is 5. The molecule has 0 spiro atoms. The Bertz CT molecular complexity index is 203. The van der Waals surface area contributed by atoms with Crippen LogP contribution < -0.4 is 11.1 Å². The van der Waals surface area contributed by atoms with E-state index < -0.39 is 0 Å². The molecule has 0 aromatic carbocycles. The highest BCUT2D eigenvalue weighted by Gasteiger charge is 2.32. The minimum Gasteiger partial charge on any atom is -0.356 e. The van der Waals surface area contributed by atoms with Crippen LogP contribution in [0.25, 0.3) is 0 Å². The summed E-state index contributed by atoms with van der Waals surface area (Å²) >= 11 is 0. The lowest BCUT2D eigenvalue weighted by Crippen LogP contribution is -2.38. The van der Waals surface area contributed by atoms with E-state index in [1.807, 2.05) is 0 Å². The fourth-order valence-corrected chi connectivity index (χ4v) is 2.42. The molecule has 1 amide bonds. The van der Waals surface area contributed by atoms with E-state index in [0.717, 1.165) is 25.8 Å². The van der Waals surface area contributed by atoms with Crippen LogP contribution >= 0.6 is 12.4 Å². The molecule has 1 aliphatic carbocycles. The van der Waals surface area contributed by atoms with Gasteiger partial charge in [0.2, 0.25) is 5.91 Å². The number of carbonyl (C=O) groups is 1. The average molecular weight is 249 g/mol. The Kier molecular flexibility index (Phi) is 7.77. The molecule has 3 N–H and O–H groups in total. The van der Waals surface area contributed by atoms with Crippen molar-refractivity contribution < 1.29 is 4.79 Å². The van der Waals surface area contributed by atoms with Crippen molar-refractivity contribution in [2.75, 3.05) is 13.1 Å². The highest BCUT2D eigenvalue weighted by Crippen LogP contribution is 2.38. The highest BCUT2D eigenvalue weighted by atomic mass is 35.5. The predicted octanol–water partition coefficient (Wildman–Crippen LogP) is 2.23. The van der Waals surface area contributed by atoms with E-state index in [1.165, 1.54) is 19.3 Å². The lowest BCUT2D eigenvalue weighted by atomic mass is 9.71. The molecule has 1 rings (SSSR count). The standard InChI is InChI=1S/C12H24N2O.ClH/c1-2-8-14-11(15)9-12(10-13)6-4-3-5-7-12;/h2-10,13H2,1H3,(H,14,15);1H. The molecule has 1 saturated carbocycles. The van der Waals surface area contributed by atoms with Crippen LogP contribution in [0.1, 0.15) is 51.9 Å². The minimum atomic E-state index is 0. The minimum absolute atomic E-state index is 0. The molecule has 0 saturated heterocycles. The first-order valence-corrected chi connectivity index (χ1v) is 6.19. The number of amides is 1. The van der Waals surface area contributed by atoms with Crippen LogP contribution in [0.2, 0.25) is 0 Å². The van der Waals surface area contributed by atoms with E-state index in [0.29, 0.717) is 13.0 Å². The number of nitrogens with one attached hydrogen (secondary N) is 1. The maximum absolute atomic E-state index is 11.7. The van der Waals surface area contributed by atoms with Crippen molar-refractivity contribution in [3.05, 3.63) is 0 Å². The van der Waals surface area contributed by atoms with Gasteiger partial charge in [-0.3, -0.25) is 4.79 Å². The van der Waals surface area contributed by atoms with E-state index in [9.17, 15) is 4.79 Å². The lowest BCUT2D eigenvalue weighted by molar-refractivity contribution is -0.123. The monoisotopic (exact) mass is 248 g/mol. The van der Waals surface area contributed by atoms with Crippen molar-refractivity contribution in [1.82, 2.24) is 5.32 Å². The van der Waals surface area contributed by atoms with Crippen molar-refractivity contribution in [2.24, 2.45) is 11.1 Å². The van der Waals surface area contributed by atoms with Gasteiger partial charge >= 0.3 is 0 Å². The van der Waals surface area contributed by atoms with Crippen molar-refractivity contribution in [1.29, 1.82) is 0 Å². The van der Waals surface area contributed by atoms with E-state index in [1.54, 1.807) is 0 Å². The first-order valence-electron chi connectivity index (χ1n) is 6.19.